The van der Waals surface area contributed by atoms with Crippen molar-refractivity contribution in [2.75, 3.05) is 13.2 Å². The van der Waals surface area contributed by atoms with Gasteiger partial charge >= 0.3 is 5.97 Å². The van der Waals surface area contributed by atoms with E-state index in [4.69, 9.17) is 9.47 Å². The van der Waals surface area contributed by atoms with Crippen molar-refractivity contribution in [3.63, 3.8) is 0 Å². The maximum atomic E-state index is 11.9. The summed E-state index contributed by atoms with van der Waals surface area (Å²) in [5, 5.41) is 0. The van der Waals surface area contributed by atoms with Gasteiger partial charge in [-0.2, -0.15) is 0 Å². The van der Waals surface area contributed by atoms with Gasteiger partial charge in [0.05, 0.1) is 24.9 Å². The van der Waals surface area contributed by atoms with Gasteiger partial charge in [-0.25, -0.2) is 4.79 Å². The first-order valence-electron chi connectivity index (χ1n) is 6.15. The Morgan fingerprint density at radius 1 is 1.59 bits per heavy atom. The normalized spacial score (nSPS) is 30.0. The van der Waals surface area contributed by atoms with Crippen LogP contribution in [-0.2, 0) is 14.3 Å². The lowest BCUT2D eigenvalue weighted by Gasteiger charge is -2.29. The highest BCUT2D eigenvalue weighted by Gasteiger charge is 2.39. The molecule has 2 aliphatic carbocycles. The molecule has 0 saturated carbocycles. The summed E-state index contributed by atoms with van der Waals surface area (Å²) < 4.78 is 10.8. The first-order valence-corrected chi connectivity index (χ1v) is 6.15. The van der Waals surface area contributed by atoms with Gasteiger partial charge in [0.25, 0.3) is 0 Å². The predicted octanol–water partition coefficient (Wildman–Crippen LogP) is 2.15. The molecule has 3 rings (SSSR count). The summed E-state index contributed by atoms with van der Waals surface area (Å²) in [6, 6.07) is 0. The Kier molecular flexibility index (Phi) is 2.44. The molecule has 0 bridgehead atoms. The van der Waals surface area contributed by atoms with Crippen molar-refractivity contribution in [3.8, 4) is 0 Å². The highest BCUT2D eigenvalue weighted by Crippen LogP contribution is 2.47. The molecule has 0 amide bonds. The Balaban J connectivity index is 1.94. The predicted molar refractivity (Wildman–Crippen MR) is 63.3 cm³/mol. The number of carbonyl (C=O) groups is 1. The zero-order valence-electron chi connectivity index (χ0n) is 10.2. The molecule has 1 aliphatic heterocycles. The van der Waals surface area contributed by atoms with Gasteiger partial charge in [0.1, 0.15) is 0 Å². The third-order valence-electron chi connectivity index (χ3n) is 3.52. The van der Waals surface area contributed by atoms with E-state index in [9.17, 15) is 4.79 Å². The van der Waals surface area contributed by atoms with Gasteiger partial charge in [0, 0.05) is 5.92 Å². The maximum Gasteiger partial charge on any atom is 0.338 e. The average molecular weight is 232 g/mol. The fourth-order valence-electron chi connectivity index (χ4n) is 2.59. The van der Waals surface area contributed by atoms with Crippen molar-refractivity contribution < 1.29 is 14.3 Å². The molecule has 0 aromatic heterocycles. The molecule has 17 heavy (non-hydrogen) atoms. The molecule has 2 unspecified atom stereocenters. The maximum absolute atomic E-state index is 11.9. The number of esters is 1. The van der Waals surface area contributed by atoms with Crippen molar-refractivity contribution in [1.29, 1.82) is 0 Å². The van der Waals surface area contributed by atoms with Crippen LogP contribution in [0.2, 0.25) is 0 Å². The molecule has 0 N–H and O–H groups in total. The first-order chi connectivity index (χ1) is 8.20. The van der Waals surface area contributed by atoms with Crippen LogP contribution >= 0.6 is 0 Å². The van der Waals surface area contributed by atoms with E-state index < -0.39 is 0 Å². The van der Waals surface area contributed by atoms with Crippen LogP contribution in [0.4, 0.5) is 0 Å². The molecule has 1 heterocycles. The molecule has 0 aromatic carbocycles. The van der Waals surface area contributed by atoms with E-state index in [1.165, 1.54) is 11.1 Å². The summed E-state index contributed by atoms with van der Waals surface area (Å²) in [7, 11) is 0. The van der Waals surface area contributed by atoms with E-state index in [1.54, 1.807) is 0 Å². The van der Waals surface area contributed by atoms with Crippen LogP contribution in [0.15, 0.2) is 34.4 Å². The smallest absolute Gasteiger partial charge is 0.338 e. The third-order valence-corrected chi connectivity index (χ3v) is 3.52. The number of fused-ring (bicyclic) bond motifs is 2. The van der Waals surface area contributed by atoms with Crippen LogP contribution in [-0.4, -0.2) is 25.3 Å². The molecule has 0 fully saturated rings. The molecule has 0 spiro atoms. The standard InChI is InChI=1S/C14H16O3/c1-3-16-14(15)12-6-9-5-10(9)13-7-17-8(2)4-11(12)13/h5-6,8,10H,3-4,7H2,1-2H3. The molecule has 0 radical (unpaired) electrons. The number of rotatable bonds is 2. The fourth-order valence-corrected chi connectivity index (χ4v) is 2.59. The van der Waals surface area contributed by atoms with E-state index in [-0.39, 0.29) is 12.1 Å². The molecule has 0 aromatic rings. The molecule has 2 atom stereocenters. The Hall–Kier alpha value is -1.35. The van der Waals surface area contributed by atoms with Gasteiger partial charge in [0.15, 0.2) is 0 Å². The minimum Gasteiger partial charge on any atom is -0.462 e. The SMILES string of the molecule is CCOC(=O)C1=CC2=CC2C2=C1CC(C)OC2. The van der Waals surface area contributed by atoms with Gasteiger partial charge in [-0.1, -0.05) is 6.08 Å². The molecule has 90 valence electrons. The summed E-state index contributed by atoms with van der Waals surface area (Å²) in [6.07, 6.45) is 5.17. The van der Waals surface area contributed by atoms with Crippen LogP contribution in [0.1, 0.15) is 20.3 Å². The monoisotopic (exact) mass is 232 g/mol. The minimum atomic E-state index is -0.194. The minimum absolute atomic E-state index is 0.187. The van der Waals surface area contributed by atoms with Gasteiger partial charge in [-0.15, -0.1) is 0 Å². The molecular formula is C14H16O3. The molecular weight excluding hydrogens is 216 g/mol. The number of hydrogen-bond acceptors (Lipinski definition) is 3. The lowest BCUT2D eigenvalue weighted by Crippen LogP contribution is -2.25. The highest BCUT2D eigenvalue weighted by atomic mass is 16.5. The zero-order chi connectivity index (χ0) is 12.0. The largest absolute Gasteiger partial charge is 0.462 e. The average Bonchev–Trinajstić information content (AvgIpc) is 3.07. The molecule has 0 saturated heterocycles. The number of carbonyl (C=O) groups excluding carboxylic acids is 1. The summed E-state index contributed by atoms with van der Waals surface area (Å²) in [4.78, 5) is 11.9. The van der Waals surface area contributed by atoms with Crippen molar-refractivity contribution in [2.24, 2.45) is 5.92 Å². The number of hydrogen-bond donors (Lipinski definition) is 0. The van der Waals surface area contributed by atoms with E-state index in [0.29, 0.717) is 19.1 Å². The van der Waals surface area contributed by atoms with Gasteiger partial charge in [-0.3, -0.25) is 0 Å². The van der Waals surface area contributed by atoms with Crippen LogP contribution in [0, 0.1) is 5.92 Å². The Labute approximate surface area is 101 Å². The van der Waals surface area contributed by atoms with Crippen LogP contribution < -0.4 is 0 Å². The van der Waals surface area contributed by atoms with Crippen LogP contribution in [0.25, 0.3) is 0 Å². The number of allylic oxidation sites excluding steroid dienone is 3. The summed E-state index contributed by atoms with van der Waals surface area (Å²) in [6.45, 7) is 4.95. The first kappa shape index (κ1) is 10.8. The van der Waals surface area contributed by atoms with Crippen molar-refractivity contribution in [3.05, 3.63) is 34.4 Å². The van der Waals surface area contributed by atoms with Crippen LogP contribution in [0.5, 0.6) is 0 Å². The fraction of sp³-hybridized carbons (Fsp3) is 0.500. The van der Waals surface area contributed by atoms with Crippen molar-refractivity contribution in [2.45, 2.75) is 26.4 Å². The lowest BCUT2D eigenvalue weighted by molar-refractivity contribution is -0.138. The Morgan fingerprint density at radius 2 is 2.41 bits per heavy atom. The second-order valence-corrected chi connectivity index (χ2v) is 4.75. The molecule has 3 aliphatic rings. The van der Waals surface area contributed by atoms with E-state index >= 15 is 0 Å². The van der Waals surface area contributed by atoms with Gasteiger partial charge in [-0.05, 0) is 43.1 Å². The Bertz CT molecular complexity index is 468. The van der Waals surface area contributed by atoms with E-state index in [1.807, 2.05) is 19.9 Å². The van der Waals surface area contributed by atoms with Gasteiger partial charge in [0.2, 0.25) is 0 Å². The summed E-state index contributed by atoms with van der Waals surface area (Å²) >= 11 is 0. The van der Waals surface area contributed by atoms with Crippen LogP contribution in [0.3, 0.4) is 0 Å². The Morgan fingerprint density at radius 3 is 3.18 bits per heavy atom. The lowest BCUT2D eigenvalue weighted by atomic mass is 9.85. The summed E-state index contributed by atoms with van der Waals surface area (Å²) in [5.41, 5.74) is 4.41. The quantitative estimate of drug-likeness (QED) is 0.684. The van der Waals surface area contributed by atoms with E-state index in [2.05, 4.69) is 6.08 Å². The summed E-state index contributed by atoms with van der Waals surface area (Å²) in [5.74, 6) is 0.246. The molecule has 3 heteroatoms. The van der Waals surface area contributed by atoms with Gasteiger partial charge < -0.3 is 9.47 Å². The highest BCUT2D eigenvalue weighted by molar-refractivity contribution is 5.96. The van der Waals surface area contributed by atoms with Crippen molar-refractivity contribution in [1.82, 2.24) is 0 Å². The topological polar surface area (TPSA) is 35.5 Å². The third kappa shape index (κ3) is 1.75. The van der Waals surface area contributed by atoms with Crippen molar-refractivity contribution >= 4 is 5.97 Å². The van der Waals surface area contributed by atoms with E-state index in [0.717, 1.165) is 17.6 Å². The second kappa shape index (κ2) is 3.84. The second-order valence-electron chi connectivity index (χ2n) is 4.75. The zero-order valence-corrected chi connectivity index (χ0v) is 10.2. The molecule has 3 nitrogen and oxygen atoms in total. The number of ether oxygens (including phenoxy) is 2.